The van der Waals surface area contributed by atoms with Crippen LogP contribution in [0.15, 0.2) is 71.5 Å². The normalized spacial score (nSPS) is 10.2. The minimum Gasteiger partial charge on any atom is -0.115 e. The van der Waals surface area contributed by atoms with Crippen molar-refractivity contribution in [1.82, 2.24) is 0 Å². The number of rotatable bonds is 6. The molecule has 0 aromatic heterocycles. The largest absolute Gasteiger partial charge is 0.115 e. The van der Waals surface area contributed by atoms with E-state index >= 15 is 0 Å². The quantitative estimate of drug-likeness (QED) is 0.697. The zero-order valence-electron chi connectivity index (χ0n) is 10.2. The van der Waals surface area contributed by atoms with Crippen molar-refractivity contribution in [3.8, 4) is 0 Å². The van der Waals surface area contributed by atoms with Crippen molar-refractivity contribution >= 4 is 23.5 Å². The highest BCUT2D eigenvalue weighted by molar-refractivity contribution is 8.21. The second-order valence-corrected chi connectivity index (χ2v) is 6.32. The monoisotopic (exact) mass is 272 g/mol. The predicted molar refractivity (Wildman–Crippen MR) is 84.6 cm³/mol. The molecule has 0 saturated carbocycles. The second-order valence-electron chi connectivity index (χ2n) is 3.92. The minimum absolute atomic E-state index is 1.00. The second kappa shape index (κ2) is 7.34. The highest BCUT2D eigenvalue weighted by Gasteiger charge is 1.99. The lowest BCUT2D eigenvalue weighted by Crippen LogP contribution is -1.81. The van der Waals surface area contributed by atoms with E-state index in [4.69, 9.17) is 0 Å². The van der Waals surface area contributed by atoms with Gasteiger partial charge >= 0.3 is 0 Å². The molecular formula is C16H16S2. The summed E-state index contributed by atoms with van der Waals surface area (Å²) in [4.78, 5) is 0. The first-order chi connectivity index (χ1) is 8.84. The number of hydrogen-bond acceptors (Lipinski definition) is 2. The molecule has 18 heavy (non-hydrogen) atoms. The SMILES string of the molecule is C=C(SCc1ccccc1)SCc1ccccc1. The smallest absolute Gasteiger partial charge is 0.0335 e. The van der Waals surface area contributed by atoms with E-state index < -0.39 is 0 Å². The Kier molecular flexibility index (Phi) is 5.43. The Morgan fingerprint density at radius 1 is 0.722 bits per heavy atom. The molecular weight excluding hydrogens is 256 g/mol. The third kappa shape index (κ3) is 4.63. The van der Waals surface area contributed by atoms with Crippen LogP contribution < -0.4 is 0 Å². The summed E-state index contributed by atoms with van der Waals surface area (Å²) in [5.41, 5.74) is 2.70. The molecule has 0 unspecified atom stereocenters. The van der Waals surface area contributed by atoms with E-state index in [1.54, 1.807) is 0 Å². The van der Waals surface area contributed by atoms with Gasteiger partial charge in [0.25, 0.3) is 0 Å². The highest BCUT2D eigenvalue weighted by Crippen LogP contribution is 2.31. The van der Waals surface area contributed by atoms with Crippen molar-refractivity contribution in [2.45, 2.75) is 11.5 Å². The fraction of sp³-hybridized carbons (Fsp3) is 0.125. The van der Waals surface area contributed by atoms with Crippen LogP contribution in [0.2, 0.25) is 0 Å². The van der Waals surface area contributed by atoms with Gasteiger partial charge in [0, 0.05) is 15.7 Å². The van der Waals surface area contributed by atoms with Crippen molar-refractivity contribution in [3.05, 3.63) is 82.6 Å². The van der Waals surface area contributed by atoms with Crippen LogP contribution >= 0.6 is 23.5 Å². The summed E-state index contributed by atoms with van der Waals surface area (Å²) in [5.74, 6) is 2.00. The lowest BCUT2D eigenvalue weighted by Gasteiger charge is -2.05. The summed E-state index contributed by atoms with van der Waals surface area (Å²) in [5, 5.41) is 0. The average molecular weight is 272 g/mol. The van der Waals surface area contributed by atoms with E-state index in [1.807, 2.05) is 35.7 Å². The molecule has 2 aromatic rings. The number of benzene rings is 2. The first-order valence-corrected chi connectivity index (χ1v) is 7.84. The Balaban J connectivity index is 1.73. The molecule has 2 rings (SSSR count). The van der Waals surface area contributed by atoms with Crippen molar-refractivity contribution < 1.29 is 0 Å². The maximum absolute atomic E-state index is 4.11. The molecule has 0 atom stereocenters. The molecule has 2 heteroatoms. The van der Waals surface area contributed by atoms with Gasteiger partial charge in [-0.05, 0) is 11.1 Å². The van der Waals surface area contributed by atoms with Gasteiger partial charge in [0.2, 0.25) is 0 Å². The van der Waals surface area contributed by atoms with Crippen molar-refractivity contribution in [2.75, 3.05) is 0 Å². The number of thioether (sulfide) groups is 2. The summed E-state index contributed by atoms with van der Waals surface area (Å²) in [6, 6.07) is 21.0. The van der Waals surface area contributed by atoms with Gasteiger partial charge < -0.3 is 0 Å². The fourth-order valence-corrected chi connectivity index (χ4v) is 3.24. The van der Waals surface area contributed by atoms with Gasteiger partial charge in [-0.15, -0.1) is 23.5 Å². The Morgan fingerprint density at radius 2 is 1.11 bits per heavy atom. The van der Waals surface area contributed by atoms with Crippen molar-refractivity contribution in [3.63, 3.8) is 0 Å². The van der Waals surface area contributed by atoms with Crippen LogP contribution in [-0.2, 0) is 11.5 Å². The van der Waals surface area contributed by atoms with Gasteiger partial charge in [-0.25, -0.2) is 0 Å². The van der Waals surface area contributed by atoms with Crippen LogP contribution in [0, 0.1) is 0 Å². The van der Waals surface area contributed by atoms with E-state index in [9.17, 15) is 0 Å². The molecule has 0 aliphatic carbocycles. The van der Waals surface area contributed by atoms with Crippen LogP contribution in [0.3, 0.4) is 0 Å². The van der Waals surface area contributed by atoms with Crippen molar-refractivity contribution in [2.24, 2.45) is 0 Å². The van der Waals surface area contributed by atoms with Crippen LogP contribution in [0.1, 0.15) is 11.1 Å². The molecule has 92 valence electrons. The molecule has 0 radical (unpaired) electrons. The molecule has 0 heterocycles. The Morgan fingerprint density at radius 3 is 1.50 bits per heavy atom. The Hall–Kier alpha value is -1.12. The van der Waals surface area contributed by atoms with E-state index in [-0.39, 0.29) is 0 Å². The third-order valence-corrected chi connectivity index (χ3v) is 4.79. The summed E-state index contributed by atoms with van der Waals surface area (Å²) < 4.78 is 1.18. The maximum Gasteiger partial charge on any atom is 0.0335 e. The molecule has 0 spiro atoms. The standard InChI is InChI=1S/C16H16S2/c1-14(17-12-15-8-4-2-5-9-15)18-13-16-10-6-3-7-11-16/h2-11H,1,12-13H2. The van der Waals surface area contributed by atoms with Gasteiger partial charge in [0.15, 0.2) is 0 Å². The molecule has 0 N–H and O–H groups in total. The molecule has 0 nitrogen and oxygen atoms in total. The maximum atomic E-state index is 4.11. The topological polar surface area (TPSA) is 0 Å². The molecule has 0 aliphatic rings. The summed E-state index contributed by atoms with van der Waals surface area (Å²) in [6.45, 7) is 4.11. The lowest BCUT2D eigenvalue weighted by molar-refractivity contribution is 1.42. The summed E-state index contributed by atoms with van der Waals surface area (Å²) in [6.07, 6.45) is 0. The van der Waals surface area contributed by atoms with Gasteiger partial charge in [-0.1, -0.05) is 67.2 Å². The first kappa shape index (κ1) is 13.3. The third-order valence-electron chi connectivity index (χ3n) is 2.49. The van der Waals surface area contributed by atoms with Gasteiger partial charge in [0.1, 0.15) is 0 Å². The minimum atomic E-state index is 1.00. The van der Waals surface area contributed by atoms with Crippen LogP contribution in [-0.4, -0.2) is 0 Å². The zero-order valence-corrected chi connectivity index (χ0v) is 11.8. The molecule has 0 fully saturated rings. The Bertz CT molecular complexity index is 431. The zero-order chi connectivity index (χ0) is 12.6. The molecule has 0 amide bonds. The highest BCUT2D eigenvalue weighted by atomic mass is 32.2. The van der Waals surface area contributed by atoms with E-state index in [2.05, 4.69) is 55.1 Å². The fourth-order valence-electron chi connectivity index (χ4n) is 1.52. The lowest BCUT2D eigenvalue weighted by atomic mass is 10.2. The average Bonchev–Trinajstić information content (AvgIpc) is 2.45. The van der Waals surface area contributed by atoms with Gasteiger partial charge in [0.05, 0.1) is 0 Å². The summed E-state index contributed by atoms with van der Waals surface area (Å²) >= 11 is 3.63. The van der Waals surface area contributed by atoms with Crippen molar-refractivity contribution in [1.29, 1.82) is 0 Å². The summed E-state index contributed by atoms with van der Waals surface area (Å²) in [7, 11) is 0. The van der Waals surface area contributed by atoms with Gasteiger partial charge in [-0.2, -0.15) is 0 Å². The van der Waals surface area contributed by atoms with Crippen LogP contribution in [0.25, 0.3) is 0 Å². The Labute approximate surface area is 118 Å². The predicted octanol–water partition coefficient (Wildman–Crippen LogP) is 5.32. The van der Waals surface area contributed by atoms with Crippen LogP contribution in [0.5, 0.6) is 0 Å². The van der Waals surface area contributed by atoms with Crippen LogP contribution in [0.4, 0.5) is 0 Å². The molecule has 2 aromatic carbocycles. The number of hydrogen-bond donors (Lipinski definition) is 0. The van der Waals surface area contributed by atoms with Gasteiger partial charge in [-0.3, -0.25) is 0 Å². The molecule has 0 bridgehead atoms. The van der Waals surface area contributed by atoms with E-state index in [0.717, 1.165) is 11.5 Å². The van der Waals surface area contributed by atoms with E-state index in [0.29, 0.717) is 0 Å². The van der Waals surface area contributed by atoms with E-state index in [1.165, 1.54) is 15.4 Å². The first-order valence-electron chi connectivity index (χ1n) is 5.87. The molecule has 0 aliphatic heterocycles. The molecule has 0 saturated heterocycles.